The van der Waals surface area contributed by atoms with Gasteiger partial charge in [-0.3, -0.25) is 19.2 Å². The first-order chi connectivity index (χ1) is 6.58. The molecule has 0 saturated heterocycles. The molecule has 0 atom stereocenters. The van der Waals surface area contributed by atoms with Gasteiger partial charge in [-0.15, -0.1) is 0 Å². The second kappa shape index (κ2) is 4.79. The molecule has 0 radical (unpaired) electrons. The first kappa shape index (κ1) is 10.8. The van der Waals surface area contributed by atoms with E-state index in [0.717, 1.165) is 0 Å². The molecule has 4 heteroatoms. The summed E-state index contributed by atoms with van der Waals surface area (Å²) in [7, 11) is 0. The molecule has 76 valence electrons. The van der Waals surface area contributed by atoms with E-state index >= 15 is 0 Å². The molecule has 2 saturated carbocycles. The monoisotopic (exact) mass is 196 g/mol. The molecule has 0 aromatic heterocycles. The van der Waals surface area contributed by atoms with Crippen molar-refractivity contribution in [3.63, 3.8) is 0 Å². The van der Waals surface area contributed by atoms with Crippen LogP contribution in [0.5, 0.6) is 0 Å². The van der Waals surface area contributed by atoms with Crippen LogP contribution >= 0.6 is 0 Å². The molecule has 14 heavy (non-hydrogen) atoms. The Morgan fingerprint density at radius 3 is 0.786 bits per heavy atom. The van der Waals surface area contributed by atoms with Crippen LogP contribution in [0.4, 0.5) is 0 Å². The zero-order chi connectivity index (χ0) is 10.6. The second-order valence-electron chi connectivity index (χ2n) is 3.51. The fraction of sp³-hybridized carbons (Fsp3) is 0.600. The maximum Gasteiger partial charge on any atom is 0.140 e. The van der Waals surface area contributed by atoms with E-state index in [1.807, 2.05) is 0 Å². The number of hydrogen-bond acceptors (Lipinski definition) is 4. The van der Waals surface area contributed by atoms with Crippen LogP contribution in [0, 0.1) is 0 Å². The Bertz CT molecular complexity index is 232. The molecule has 0 unspecified atom stereocenters. The lowest BCUT2D eigenvalue weighted by Crippen LogP contribution is -1.88. The molecule has 2 fully saturated rings. The maximum atomic E-state index is 10.2. The van der Waals surface area contributed by atoms with E-state index in [1.165, 1.54) is 0 Å². The molecule has 4 nitrogen and oxygen atoms in total. The van der Waals surface area contributed by atoms with Gasteiger partial charge in [-0.05, 0) is 0 Å². The van der Waals surface area contributed by atoms with Crippen LogP contribution in [0.3, 0.4) is 0 Å². The number of rotatable bonds is 0. The minimum absolute atomic E-state index is 0.102. The van der Waals surface area contributed by atoms with Crippen LogP contribution in [0.2, 0.25) is 0 Å². The molecular formula is C10H12O4. The summed E-state index contributed by atoms with van der Waals surface area (Å²) in [5, 5.41) is 0. The van der Waals surface area contributed by atoms with Crippen LogP contribution in [-0.2, 0) is 19.2 Å². The lowest BCUT2D eigenvalue weighted by molar-refractivity contribution is -0.123. The Labute approximate surface area is 81.7 Å². The van der Waals surface area contributed by atoms with Crippen molar-refractivity contribution in [2.75, 3.05) is 0 Å². The normalized spacial score (nSPS) is 21.1. The summed E-state index contributed by atoms with van der Waals surface area (Å²) in [6.45, 7) is 0. The van der Waals surface area contributed by atoms with Gasteiger partial charge in [0.05, 0.1) is 12.8 Å². The van der Waals surface area contributed by atoms with Crippen LogP contribution in [-0.4, -0.2) is 23.1 Å². The fourth-order valence-electron chi connectivity index (χ4n) is 1.35. The quantitative estimate of drug-likeness (QED) is 0.532. The smallest absolute Gasteiger partial charge is 0.140 e. The highest BCUT2D eigenvalue weighted by Gasteiger charge is 2.17. The van der Waals surface area contributed by atoms with E-state index < -0.39 is 0 Å². The van der Waals surface area contributed by atoms with Crippen molar-refractivity contribution < 1.29 is 19.2 Å². The van der Waals surface area contributed by atoms with Crippen molar-refractivity contribution in [3.8, 4) is 0 Å². The third-order valence-corrected chi connectivity index (χ3v) is 2.15. The molecule has 0 aromatic carbocycles. The average Bonchev–Trinajstić information content (AvgIpc) is 2.63. The Hall–Kier alpha value is -1.32. The average molecular weight is 196 g/mol. The number of ketones is 4. The van der Waals surface area contributed by atoms with E-state index in [4.69, 9.17) is 0 Å². The minimum atomic E-state index is 0.102. The van der Waals surface area contributed by atoms with E-state index in [9.17, 15) is 19.2 Å². The van der Waals surface area contributed by atoms with Gasteiger partial charge in [-0.2, -0.15) is 0 Å². The predicted molar refractivity (Wildman–Crippen MR) is 47.7 cm³/mol. The van der Waals surface area contributed by atoms with Gasteiger partial charge in [0.25, 0.3) is 0 Å². The standard InChI is InChI=1S/2C5H6O2/c2*6-4-1-2-5(7)3-4/h2*1-3H2. The molecule has 0 amide bonds. The summed E-state index contributed by atoms with van der Waals surface area (Å²) in [6, 6.07) is 0. The lowest BCUT2D eigenvalue weighted by Gasteiger charge is -1.71. The number of carbonyl (C=O) groups is 4. The van der Waals surface area contributed by atoms with Gasteiger partial charge >= 0.3 is 0 Å². The molecule has 0 N–H and O–H groups in total. The van der Waals surface area contributed by atoms with E-state index in [-0.39, 0.29) is 36.0 Å². The zero-order valence-corrected chi connectivity index (χ0v) is 7.88. The molecule has 0 aromatic rings. The second-order valence-corrected chi connectivity index (χ2v) is 3.51. The van der Waals surface area contributed by atoms with Crippen molar-refractivity contribution in [3.05, 3.63) is 0 Å². The SMILES string of the molecule is O=C1CCC(=O)C1.O=C1CCC(=O)C1. The molecule has 0 spiro atoms. The van der Waals surface area contributed by atoms with Crippen molar-refractivity contribution in [1.82, 2.24) is 0 Å². The van der Waals surface area contributed by atoms with Gasteiger partial charge in [0.1, 0.15) is 23.1 Å². The van der Waals surface area contributed by atoms with E-state index in [2.05, 4.69) is 0 Å². The zero-order valence-electron chi connectivity index (χ0n) is 7.88. The highest BCUT2D eigenvalue weighted by atomic mass is 16.2. The summed E-state index contributed by atoms with van der Waals surface area (Å²) >= 11 is 0. The Morgan fingerprint density at radius 1 is 0.500 bits per heavy atom. The van der Waals surface area contributed by atoms with Crippen LogP contribution in [0.15, 0.2) is 0 Å². The van der Waals surface area contributed by atoms with Crippen molar-refractivity contribution in [1.29, 1.82) is 0 Å². The predicted octanol–water partition coefficient (Wildman–Crippen LogP) is 0.617. The van der Waals surface area contributed by atoms with Crippen molar-refractivity contribution >= 4 is 23.1 Å². The number of carbonyl (C=O) groups excluding carboxylic acids is 4. The van der Waals surface area contributed by atoms with Gasteiger partial charge in [-0.1, -0.05) is 0 Å². The molecular weight excluding hydrogens is 184 g/mol. The van der Waals surface area contributed by atoms with Gasteiger partial charge < -0.3 is 0 Å². The Balaban J connectivity index is 0.000000140. The number of Topliss-reactive ketones (excluding diaryl/α,β-unsaturated/α-hetero) is 4. The van der Waals surface area contributed by atoms with Crippen molar-refractivity contribution in [2.45, 2.75) is 38.5 Å². The Kier molecular flexibility index (Phi) is 3.68. The lowest BCUT2D eigenvalue weighted by atomic mass is 10.3. The summed E-state index contributed by atoms with van der Waals surface area (Å²) in [5.74, 6) is 0.407. The van der Waals surface area contributed by atoms with Crippen molar-refractivity contribution in [2.24, 2.45) is 0 Å². The Morgan fingerprint density at radius 2 is 0.714 bits per heavy atom. The maximum absolute atomic E-state index is 10.2. The first-order valence-electron chi connectivity index (χ1n) is 4.64. The first-order valence-corrected chi connectivity index (χ1v) is 4.64. The van der Waals surface area contributed by atoms with Crippen LogP contribution in [0.25, 0.3) is 0 Å². The third kappa shape index (κ3) is 3.60. The molecule has 0 bridgehead atoms. The minimum Gasteiger partial charge on any atom is -0.299 e. The number of hydrogen-bond donors (Lipinski definition) is 0. The summed E-state index contributed by atoms with van der Waals surface area (Å²) in [6.07, 6.45) is 2.33. The largest absolute Gasteiger partial charge is 0.299 e. The third-order valence-electron chi connectivity index (χ3n) is 2.15. The summed E-state index contributed by atoms with van der Waals surface area (Å²) in [4.78, 5) is 40.9. The fourth-order valence-corrected chi connectivity index (χ4v) is 1.35. The molecule has 2 rings (SSSR count). The van der Waals surface area contributed by atoms with E-state index in [1.54, 1.807) is 0 Å². The van der Waals surface area contributed by atoms with Crippen LogP contribution < -0.4 is 0 Å². The van der Waals surface area contributed by atoms with Gasteiger partial charge in [0.15, 0.2) is 0 Å². The van der Waals surface area contributed by atoms with E-state index in [0.29, 0.717) is 25.7 Å². The highest BCUT2D eigenvalue weighted by molar-refractivity contribution is 6.05. The van der Waals surface area contributed by atoms with Gasteiger partial charge in [0.2, 0.25) is 0 Å². The van der Waals surface area contributed by atoms with Crippen LogP contribution in [0.1, 0.15) is 38.5 Å². The molecule has 0 heterocycles. The highest BCUT2D eigenvalue weighted by Crippen LogP contribution is 2.08. The summed E-state index contributed by atoms with van der Waals surface area (Å²) < 4.78 is 0. The topological polar surface area (TPSA) is 68.3 Å². The molecule has 2 aliphatic carbocycles. The van der Waals surface area contributed by atoms with Gasteiger partial charge in [0, 0.05) is 25.7 Å². The van der Waals surface area contributed by atoms with Gasteiger partial charge in [-0.25, -0.2) is 0 Å². The molecule has 2 aliphatic rings. The summed E-state index contributed by atoms with van der Waals surface area (Å²) in [5.41, 5.74) is 0. The molecule has 0 aliphatic heterocycles.